The van der Waals surface area contributed by atoms with Gasteiger partial charge in [-0.3, -0.25) is 10.1 Å². The van der Waals surface area contributed by atoms with E-state index in [9.17, 15) is 15.2 Å². The molecule has 4 aromatic rings. The number of rotatable bonds is 6. The first-order chi connectivity index (χ1) is 15.3. The van der Waals surface area contributed by atoms with Crippen LogP contribution in [0.15, 0.2) is 71.7 Å². The third-order valence-corrected chi connectivity index (χ3v) is 5.21. The van der Waals surface area contributed by atoms with E-state index in [4.69, 9.17) is 4.99 Å². The molecule has 1 heterocycles. The van der Waals surface area contributed by atoms with Crippen LogP contribution in [-0.4, -0.2) is 39.7 Å². The summed E-state index contributed by atoms with van der Waals surface area (Å²) in [6, 6.07) is 20.2. The minimum atomic E-state index is -0.445. The van der Waals surface area contributed by atoms with E-state index in [0.717, 1.165) is 28.9 Å². The van der Waals surface area contributed by atoms with Crippen molar-refractivity contribution in [2.24, 2.45) is 4.99 Å². The Balaban J connectivity index is 1.90. The Hall–Kier alpha value is -3.97. The van der Waals surface area contributed by atoms with Crippen LogP contribution in [0, 0.1) is 17.0 Å². The average Bonchev–Trinajstić information content (AvgIpc) is 3.08. The average molecular weight is 428 g/mol. The van der Waals surface area contributed by atoms with E-state index in [-0.39, 0.29) is 11.6 Å². The Labute approximate surface area is 185 Å². The maximum absolute atomic E-state index is 11.3. The molecule has 1 aromatic heterocycles. The molecule has 0 fully saturated rings. The highest BCUT2D eigenvalue weighted by molar-refractivity contribution is 6.22. The predicted molar refractivity (Wildman–Crippen MR) is 127 cm³/mol. The topological polar surface area (TPSA) is 94.8 Å². The molecule has 0 bridgehead atoms. The van der Waals surface area contributed by atoms with Gasteiger partial charge in [0.25, 0.3) is 5.69 Å². The number of H-pyrrole nitrogens is 1. The van der Waals surface area contributed by atoms with Crippen molar-refractivity contribution in [3.63, 3.8) is 0 Å². The van der Waals surface area contributed by atoms with E-state index in [1.807, 2.05) is 69.6 Å². The van der Waals surface area contributed by atoms with Crippen LogP contribution in [0.25, 0.3) is 10.9 Å². The van der Waals surface area contributed by atoms with Gasteiger partial charge >= 0.3 is 0 Å². The lowest BCUT2D eigenvalue weighted by atomic mass is 9.99. The smallest absolute Gasteiger partial charge is 0.270 e. The van der Waals surface area contributed by atoms with Crippen molar-refractivity contribution in [3.8, 4) is 5.88 Å². The van der Waals surface area contributed by atoms with E-state index in [1.54, 1.807) is 6.07 Å². The summed E-state index contributed by atoms with van der Waals surface area (Å²) < 4.78 is 0. The Morgan fingerprint density at radius 1 is 1.06 bits per heavy atom. The molecule has 7 heteroatoms. The highest BCUT2D eigenvalue weighted by atomic mass is 16.6. The summed E-state index contributed by atoms with van der Waals surface area (Å²) >= 11 is 0. The van der Waals surface area contributed by atoms with Crippen LogP contribution in [0.4, 0.5) is 11.4 Å². The van der Waals surface area contributed by atoms with Gasteiger partial charge in [0.2, 0.25) is 0 Å². The molecule has 0 aliphatic carbocycles. The van der Waals surface area contributed by atoms with Crippen molar-refractivity contribution >= 4 is 28.0 Å². The van der Waals surface area contributed by atoms with Gasteiger partial charge in [0.15, 0.2) is 5.88 Å². The Kier molecular flexibility index (Phi) is 5.75. The van der Waals surface area contributed by atoms with Gasteiger partial charge in [-0.05, 0) is 44.8 Å². The normalized spacial score (nSPS) is 11.9. The number of aromatic nitrogens is 1. The van der Waals surface area contributed by atoms with E-state index in [2.05, 4.69) is 9.88 Å². The Morgan fingerprint density at radius 2 is 1.75 bits per heavy atom. The van der Waals surface area contributed by atoms with Crippen molar-refractivity contribution in [2.75, 3.05) is 14.1 Å². The van der Waals surface area contributed by atoms with Crippen molar-refractivity contribution in [3.05, 3.63) is 99.1 Å². The minimum Gasteiger partial charge on any atom is -0.494 e. The van der Waals surface area contributed by atoms with Crippen molar-refractivity contribution < 1.29 is 10.0 Å². The molecule has 0 aliphatic rings. The molecule has 2 N–H and O–H groups in total. The molecule has 3 aromatic carbocycles. The molecular weight excluding hydrogens is 404 g/mol. The molecule has 0 aliphatic heterocycles. The zero-order valence-electron chi connectivity index (χ0n) is 18.2. The van der Waals surface area contributed by atoms with E-state index < -0.39 is 4.92 Å². The maximum Gasteiger partial charge on any atom is 0.270 e. The minimum absolute atomic E-state index is 0.0472. The molecule has 0 unspecified atom stereocenters. The van der Waals surface area contributed by atoms with E-state index in [1.165, 1.54) is 12.1 Å². The lowest BCUT2D eigenvalue weighted by Crippen LogP contribution is -2.10. The zero-order chi connectivity index (χ0) is 22.8. The third kappa shape index (κ3) is 4.38. The van der Waals surface area contributed by atoms with Gasteiger partial charge < -0.3 is 15.0 Å². The monoisotopic (exact) mass is 428 g/mol. The SMILES string of the molecule is Cc1ccc(C(=Nc2ccc(CN(C)C)cc2)c2c(O)[nH]c3ccc([N+](=O)[O-])cc23)cc1. The third-order valence-electron chi connectivity index (χ3n) is 5.21. The highest BCUT2D eigenvalue weighted by Gasteiger charge is 2.21. The summed E-state index contributed by atoms with van der Waals surface area (Å²) in [5.74, 6) is -0.0796. The summed E-state index contributed by atoms with van der Waals surface area (Å²) in [6.45, 7) is 2.82. The lowest BCUT2D eigenvalue weighted by Gasteiger charge is -2.11. The fourth-order valence-electron chi connectivity index (χ4n) is 3.67. The highest BCUT2D eigenvalue weighted by Crippen LogP contribution is 2.33. The van der Waals surface area contributed by atoms with Gasteiger partial charge in [-0.1, -0.05) is 42.0 Å². The first kappa shape index (κ1) is 21.3. The Bertz CT molecular complexity index is 1300. The lowest BCUT2D eigenvalue weighted by molar-refractivity contribution is -0.384. The van der Waals surface area contributed by atoms with Crippen LogP contribution in [0.3, 0.4) is 0 Å². The van der Waals surface area contributed by atoms with E-state index in [0.29, 0.717) is 22.2 Å². The maximum atomic E-state index is 11.3. The summed E-state index contributed by atoms with van der Waals surface area (Å²) in [4.78, 5) is 20.8. The molecule has 0 saturated carbocycles. The first-order valence-corrected chi connectivity index (χ1v) is 10.2. The number of nitro benzene ring substituents is 1. The zero-order valence-corrected chi connectivity index (χ0v) is 18.2. The number of nitro groups is 1. The second kappa shape index (κ2) is 8.64. The van der Waals surface area contributed by atoms with Gasteiger partial charge in [0.1, 0.15) is 0 Å². The summed E-state index contributed by atoms with van der Waals surface area (Å²) in [7, 11) is 4.03. The Morgan fingerprint density at radius 3 is 2.38 bits per heavy atom. The van der Waals surface area contributed by atoms with Crippen LogP contribution >= 0.6 is 0 Å². The molecule has 0 spiro atoms. The van der Waals surface area contributed by atoms with E-state index >= 15 is 0 Å². The number of aromatic amines is 1. The van der Waals surface area contributed by atoms with Gasteiger partial charge in [0, 0.05) is 35.1 Å². The second-order valence-electron chi connectivity index (χ2n) is 8.07. The molecule has 0 radical (unpaired) electrons. The van der Waals surface area contributed by atoms with Crippen LogP contribution in [-0.2, 0) is 6.54 Å². The fraction of sp³-hybridized carbons (Fsp3) is 0.160. The number of fused-ring (bicyclic) bond motifs is 1. The summed E-state index contributed by atoms with van der Waals surface area (Å²) in [6.07, 6.45) is 0. The number of nitrogens with one attached hydrogen (secondary N) is 1. The quantitative estimate of drug-likeness (QED) is 0.247. The van der Waals surface area contributed by atoms with Crippen LogP contribution in [0.5, 0.6) is 5.88 Å². The molecule has 0 atom stereocenters. The van der Waals surface area contributed by atoms with Crippen LogP contribution in [0.2, 0.25) is 0 Å². The van der Waals surface area contributed by atoms with Crippen LogP contribution in [0.1, 0.15) is 22.3 Å². The number of aliphatic imine (C=N–C) groups is 1. The van der Waals surface area contributed by atoms with Gasteiger partial charge in [-0.2, -0.15) is 0 Å². The summed E-state index contributed by atoms with van der Waals surface area (Å²) in [5.41, 5.74) is 5.31. The van der Waals surface area contributed by atoms with Crippen molar-refractivity contribution in [1.29, 1.82) is 0 Å². The van der Waals surface area contributed by atoms with Gasteiger partial charge in [0.05, 0.1) is 21.9 Å². The van der Waals surface area contributed by atoms with Gasteiger partial charge in [-0.25, -0.2) is 4.99 Å². The van der Waals surface area contributed by atoms with Crippen LogP contribution < -0.4 is 0 Å². The molecule has 4 rings (SSSR count). The number of aryl methyl sites for hydroxylation is 1. The summed E-state index contributed by atoms with van der Waals surface area (Å²) in [5, 5.41) is 22.6. The fourth-order valence-corrected chi connectivity index (χ4v) is 3.67. The molecule has 32 heavy (non-hydrogen) atoms. The molecule has 0 amide bonds. The predicted octanol–water partition coefficient (Wildman–Crippen LogP) is 5.32. The number of nitrogens with zero attached hydrogens (tertiary/aromatic N) is 3. The molecule has 7 nitrogen and oxygen atoms in total. The molecular formula is C25H24N4O3. The number of hydrogen-bond acceptors (Lipinski definition) is 5. The molecule has 0 saturated heterocycles. The number of hydrogen-bond donors (Lipinski definition) is 2. The first-order valence-electron chi connectivity index (χ1n) is 10.2. The molecule has 162 valence electrons. The number of benzene rings is 3. The van der Waals surface area contributed by atoms with Crippen molar-refractivity contribution in [1.82, 2.24) is 9.88 Å². The number of non-ortho nitro benzene ring substituents is 1. The largest absolute Gasteiger partial charge is 0.494 e. The second-order valence-corrected chi connectivity index (χ2v) is 8.07. The standard InChI is InChI=1S/C25H24N4O3/c1-16-4-8-18(9-5-16)24(26-19-10-6-17(7-11-19)15-28(2)3)23-21-14-20(29(31)32)12-13-22(21)27-25(23)30/h4-14,27,30H,15H2,1-3H3. The van der Waals surface area contributed by atoms with Crippen molar-refractivity contribution in [2.45, 2.75) is 13.5 Å². The number of aromatic hydroxyl groups is 1. The van der Waals surface area contributed by atoms with Gasteiger partial charge in [-0.15, -0.1) is 0 Å².